The van der Waals surface area contributed by atoms with E-state index in [0.29, 0.717) is 0 Å². The summed E-state index contributed by atoms with van der Waals surface area (Å²) in [6.45, 7) is 0. The van der Waals surface area contributed by atoms with Crippen molar-refractivity contribution in [3.8, 4) is 44.8 Å². The number of nitrogens with zero attached hydrogens (tertiary/aromatic N) is 2. The quantitative estimate of drug-likeness (QED) is 0.170. The van der Waals surface area contributed by atoms with E-state index in [1.807, 2.05) is 0 Å². The van der Waals surface area contributed by atoms with Crippen LogP contribution in [0.15, 0.2) is 158 Å². The molecule has 56 heavy (non-hydrogen) atoms. The molecule has 0 bridgehead atoms. The van der Waals surface area contributed by atoms with Crippen molar-refractivity contribution in [2.75, 3.05) is 0 Å². The first kappa shape index (κ1) is 30.7. The van der Waals surface area contributed by atoms with Crippen LogP contribution in [0.2, 0.25) is 0 Å². The molecular formula is C54H36N2. The Morgan fingerprint density at radius 3 is 1.34 bits per heavy atom. The summed E-state index contributed by atoms with van der Waals surface area (Å²) in [5, 5.41) is 15.8. The Bertz CT molecular complexity index is 3350. The Balaban J connectivity index is 0.909. The van der Waals surface area contributed by atoms with Gasteiger partial charge in [0.25, 0.3) is 0 Å². The number of pyridine rings is 2. The predicted molar refractivity (Wildman–Crippen MR) is 235 cm³/mol. The van der Waals surface area contributed by atoms with Gasteiger partial charge in [-0.15, -0.1) is 0 Å². The molecular weight excluding hydrogens is 677 g/mol. The fourth-order valence-corrected chi connectivity index (χ4v) is 11.0. The van der Waals surface area contributed by atoms with E-state index in [9.17, 15) is 0 Å². The molecule has 0 unspecified atom stereocenters. The van der Waals surface area contributed by atoms with Gasteiger partial charge in [0.1, 0.15) is 0 Å². The lowest BCUT2D eigenvalue weighted by Gasteiger charge is -2.35. The molecule has 13 rings (SSSR count). The van der Waals surface area contributed by atoms with Gasteiger partial charge in [0, 0.05) is 28.9 Å². The number of rotatable bonds is 3. The summed E-state index contributed by atoms with van der Waals surface area (Å²) in [5.74, 6) is 0. The van der Waals surface area contributed by atoms with Crippen LogP contribution in [0.5, 0.6) is 0 Å². The SMILES string of the molecule is c1cc2ccc3ccc(-c4ccc(-c5cnc6c(c5)C5(CCCCC5)c5cc(-c7ccc8ccc9cccc%10ccc7c8c9%10)cnc5-6)cc4)c4ccc(c1)c2c34. The number of hydrogen-bond donors (Lipinski definition) is 0. The van der Waals surface area contributed by atoms with E-state index >= 15 is 0 Å². The zero-order valence-corrected chi connectivity index (χ0v) is 30.9. The lowest BCUT2D eigenvalue weighted by atomic mass is 9.67. The van der Waals surface area contributed by atoms with E-state index in [1.54, 1.807) is 0 Å². The summed E-state index contributed by atoms with van der Waals surface area (Å²) in [7, 11) is 0. The van der Waals surface area contributed by atoms with E-state index < -0.39 is 0 Å². The zero-order chi connectivity index (χ0) is 36.5. The second-order valence-electron chi connectivity index (χ2n) is 16.4. The smallest absolute Gasteiger partial charge is 0.0930 e. The third-order valence-electron chi connectivity index (χ3n) is 13.6. The van der Waals surface area contributed by atoms with Crippen molar-refractivity contribution < 1.29 is 0 Å². The van der Waals surface area contributed by atoms with Gasteiger partial charge in [0.05, 0.1) is 11.4 Å². The Labute approximate surface area is 324 Å². The van der Waals surface area contributed by atoms with Crippen molar-refractivity contribution in [1.29, 1.82) is 0 Å². The highest BCUT2D eigenvalue weighted by atomic mass is 14.8. The predicted octanol–water partition coefficient (Wildman–Crippen LogP) is 14.5. The fraction of sp³-hybridized carbons (Fsp3) is 0.111. The van der Waals surface area contributed by atoms with Crippen LogP contribution in [-0.4, -0.2) is 9.97 Å². The van der Waals surface area contributed by atoms with Gasteiger partial charge >= 0.3 is 0 Å². The Hall–Kier alpha value is -6.64. The lowest BCUT2D eigenvalue weighted by Crippen LogP contribution is -2.28. The molecule has 0 radical (unpaired) electrons. The summed E-state index contributed by atoms with van der Waals surface area (Å²) >= 11 is 0. The third-order valence-corrected chi connectivity index (χ3v) is 13.6. The molecule has 1 saturated carbocycles. The maximum Gasteiger partial charge on any atom is 0.0930 e. The first-order valence-electron chi connectivity index (χ1n) is 20.2. The van der Waals surface area contributed by atoms with Crippen molar-refractivity contribution >= 4 is 64.6 Å². The van der Waals surface area contributed by atoms with Crippen LogP contribution in [0, 0.1) is 0 Å². The molecule has 1 spiro atoms. The molecule has 1 fully saturated rings. The molecule has 2 heteroatoms. The van der Waals surface area contributed by atoms with Gasteiger partial charge in [-0.05, 0) is 123 Å². The molecule has 0 N–H and O–H groups in total. The van der Waals surface area contributed by atoms with Crippen molar-refractivity contribution in [2.45, 2.75) is 37.5 Å². The average Bonchev–Trinajstić information content (AvgIpc) is 3.52. The number of aromatic nitrogens is 2. The second kappa shape index (κ2) is 11.2. The van der Waals surface area contributed by atoms with E-state index in [0.717, 1.165) is 24.2 Å². The molecule has 2 aliphatic rings. The minimum Gasteiger partial charge on any atom is -0.254 e. The van der Waals surface area contributed by atoms with Crippen molar-refractivity contribution in [3.05, 3.63) is 169 Å². The van der Waals surface area contributed by atoms with Crippen LogP contribution in [0.4, 0.5) is 0 Å². The number of hydrogen-bond acceptors (Lipinski definition) is 2. The zero-order valence-electron chi connectivity index (χ0n) is 30.9. The Kier molecular flexibility index (Phi) is 6.14. The highest BCUT2D eigenvalue weighted by Gasteiger charge is 2.46. The number of benzene rings is 9. The molecule has 2 aliphatic carbocycles. The van der Waals surface area contributed by atoms with E-state index in [4.69, 9.17) is 9.97 Å². The summed E-state index contributed by atoms with van der Waals surface area (Å²) in [4.78, 5) is 10.5. The largest absolute Gasteiger partial charge is 0.254 e. The van der Waals surface area contributed by atoms with Gasteiger partial charge in [-0.25, -0.2) is 0 Å². The van der Waals surface area contributed by atoms with Gasteiger partial charge < -0.3 is 0 Å². The maximum atomic E-state index is 5.28. The lowest BCUT2D eigenvalue weighted by molar-refractivity contribution is 0.352. The van der Waals surface area contributed by atoms with Gasteiger partial charge in [0.15, 0.2) is 0 Å². The van der Waals surface area contributed by atoms with Crippen LogP contribution in [0.1, 0.15) is 43.2 Å². The molecule has 262 valence electrons. The number of fused-ring (bicyclic) bond motifs is 5. The first-order chi connectivity index (χ1) is 27.7. The Morgan fingerprint density at radius 2 is 0.786 bits per heavy atom. The highest BCUT2D eigenvalue weighted by molar-refractivity contribution is 6.26. The van der Waals surface area contributed by atoms with Crippen LogP contribution in [-0.2, 0) is 5.41 Å². The molecule has 0 atom stereocenters. The fourth-order valence-electron chi connectivity index (χ4n) is 11.0. The van der Waals surface area contributed by atoms with Crippen LogP contribution in [0.3, 0.4) is 0 Å². The van der Waals surface area contributed by atoms with Crippen molar-refractivity contribution in [2.24, 2.45) is 0 Å². The molecule has 2 aromatic heterocycles. The normalized spacial score (nSPS) is 14.9. The third kappa shape index (κ3) is 4.11. The van der Waals surface area contributed by atoms with Gasteiger partial charge in [-0.1, -0.05) is 153 Å². The molecule has 2 nitrogen and oxygen atoms in total. The van der Waals surface area contributed by atoms with Gasteiger partial charge in [-0.2, -0.15) is 0 Å². The first-order valence-corrected chi connectivity index (χ1v) is 20.2. The van der Waals surface area contributed by atoms with E-state index in [-0.39, 0.29) is 5.41 Å². The summed E-state index contributed by atoms with van der Waals surface area (Å²) < 4.78 is 0. The van der Waals surface area contributed by atoms with E-state index in [1.165, 1.54) is 128 Å². The monoisotopic (exact) mass is 712 g/mol. The van der Waals surface area contributed by atoms with Crippen LogP contribution in [0.25, 0.3) is 109 Å². The highest BCUT2D eigenvalue weighted by Crippen LogP contribution is 2.56. The standard InChI is InChI=1S/C54H36N2/c1-2-26-54(27-3-1)46-28-40(32-10-12-33(13-11-32)42-22-18-38-16-14-34-6-4-8-36-20-24-44(42)50(38)48(34)36)30-55-52(46)53-47(54)29-41(31-56-53)43-23-19-39-17-15-35-7-5-9-37-21-25-45(43)51(39)49(35)37/h4-25,28-31H,1-3,26-27H2. The topological polar surface area (TPSA) is 25.8 Å². The molecule has 0 amide bonds. The van der Waals surface area contributed by atoms with E-state index in [2.05, 4.69) is 158 Å². The molecule has 0 saturated heterocycles. The average molecular weight is 713 g/mol. The minimum atomic E-state index is -0.0691. The van der Waals surface area contributed by atoms with Crippen molar-refractivity contribution in [1.82, 2.24) is 9.97 Å². The maximum absolute atomic E-state index is 5.28. The molecule has 0 aliphatic heterocycles. The second-order valence-corrected chi connectivity index (χ2v) is 16.4. The summed E-state index contributed by atoms with van der Waals surface area (Å²) in [6, 6.07) is 54.8. The van der Waals surface area contributed by atoms with Crippen molar-refractivity contribution in [3.63, 3.8) is 0 Å². The molecule has 9 aromatic carbocycles. The van der Waals surface area contributed by atoms with Gasteiger partial charge in [0.2, 0.25) is 0 Å². The summed E-state index contributed by atoms with van der Waals surface area (Å²) in [6.07, 6.45) is 10.2. The molecule has 11 aromatic rings. The summed E-state index contributed by atoms with van der Waals surface area (Å²) in [5.41, 5.74) is 12.1. The minimum absolute atomic E-state index is 0.0691. The Morgan fingerprint density at radius 1 is 0.357 bits per heavy atom. The van der Waals surface area contributed by atoms with Crippen LogP contribution >= 0.6 is 0 Å². The van der Waals surface area contributed by atoms with Gasteiger partial charge in [-0.3, -0.25) is 9.97 Å². The van der Waals surface area contributed by atoms with Crippen LogP contribution < -0.4 is 0 Å². The molecule has 2 heterocycles.